The minimum atomic E-state index is -0.742. The standard InChI is InChI=1S/C24H32N4O3.C9H10O2/c1-25-22(30)16-28-24(31)27(15-21(29)17-9-5-6-10-17)20-14-8-7-13-19(20)23(26-28)18-11-3-2-4-12-18;10-9(11)7-6-8-4-2-1-3-5-8/h7-8,13-14,17-18H,2-6,9-12,15-16H2,1H3,(H,25,30);1-5H,6-7H2,(H,10,11). The molecule has 42 heavy (non-hydrogen) atoms. The highest BCUT2D eigenvalue weighted by atomic mass is 16.4. The van der Waals surface area contributed by atoms with Gasteiger partial charge in [0.2, 0.25) is 5.91 Å². The molecular formula is C33H42N4O5. The first-order valence-electron chi connectivity index (χ1n) is 15.1. The average Bonchev–Trinajstić information content (AvgIpc) is 3.54. The maximum absolute atomic E-state index is 13.6. The number of para-hydroxylation sites is 1. The summed E-state index contributed by atoms with van der Waals surface area (Å²) in [4.78, 5) is 50.5. The zero-order chi connectivity index (χ0) is 29.9. The number of Topliss-reactive ketones (excluding diaryl/α,β-unsaturated/α-hetero) is 1. The number of likely N-dealkylation sites (N-methyl/N-ethyl adjacent to an activating group) is 1. The quantitative estimate of drug-likeness (QED) is 0.414. The molecule has 2 aromatic rings. The maximum Gasteiger partial charge on any atom is 0.345 e. The molecule has 1 heterocycles. The highest BCUT2D eigenvalue weighted by molar-refractivity contribution is 6.13. The van der Waals surface area contributed by atoms with Crippen LogP contribution in [0.25, 0.3) is 0 Å². The second kappa shape index (κ2) is 15.3. The second-order valence-corrected chi connectivity index (χ2v) is 11.3. The fourth-order valence-electron chi connectivity index (χ4n) is 5.97. The monoisotopic (exact) mass is 574 g/mol. The van der Waals surface area contributed by atoms with Crippen LogP contribution in [0.15, 0.2) is 59.7 Å². The summed E-state index contributed by atoms with van der Waals surface area (Å²) in [6.07, 6.45) is 10.3. The first-order valence-corrected chi connectivity index (χ1v) is 15.1. The Morgan fingerprint density at radius 1 is 0.881 bits per heavy atom. The lowest BCUT2D eigenvalue weighted by atomic mass is 9.83. The van der Waals surface area contributed by atoms with Gasteiger partial charge in [0.1, 0.15) is 6.54 Å². The zero-order valence-corrected chi connectivity index (χ0v) is 24.5. The van der Waals surface area contributed by atoms with E-state index in [-0.39, 0.29) is 43.0 Å². The number of ketones is 1. The Bertz CT molecular complexity index is 1270. The van der Waals surface area contributed by atoms with Crippen LogP contribution < -0.4 is 10.2 Å². The molecule has 0 radical (unpaired) electrons. The predicted octanol–water partition coefficient (Wildman–Crippen LogP) is 5.42. The van der Waals surface area contributed by atoms with Crippen LogP contribution in [-0.2, 0) is 20.8 Å². The van der Waals surface area contributed by atoms with Crippen molar-refractivity contribution < 1.29 is 24.3 Å². The number of hydrazone groups is 1. The number of nitrogens with one attached hydrogen (secondary N) is 1. The molecule has 1 aliphatic heterocycles. The van der Waals surface area contributed by atoms with Crippen molar-refractivity contribution in [3.8, 4) is 0 Å². The third-order valence-corrected chi connectivity index (χ3v) is 8.31. The molecule has 2 aromatic carbocycles. The third-order valence-electron chi connectivity index (χ3n) is 8.31. The Kier molecular flexibility index (Phi) is 11.3. The Labute approximate surface area is 248 Å². The van der Waals surface area contributed by atoms with Crippen molar-refractivity contribution in [3.05, 3.63) is 65.7 Å². The van der Waals surface area contributed by atoms with Crippen LogP contribution in [0.3, 0.4) is 0 Å². The summed E-state index contributed by atoms with van der Waals surface area (Å²) in [7, 11) is 1.55. The Morgan fingerprint density at radius 3 is 2.19 bits per heavy atom. The number of benzene rings is 2. The number of nitrogens with zero attached hydrogens (tertiary/aromatic N) is 3. The molecule has 3 aliphatic rings. The van der Waals surface area contributed by atoms with Crippen molar-refractivity contribution in [2.75, 3.05) is 25.0 Å². The van der Waals surface area contributed by atoms with Gasteiger partial charge in [-0.25, -0.2) is 9.80 Å². The van der Waals surface area contributed by atoms with Crippen molar-refractivity contribution in [2.45, 2.75) is 70.6 Å². The number of carboxylic acids is 1. The van der Waals surface area contributed by atoms with E-state index >= 15 is 0 Å². The van der Waals surface area contributed by atoms with Gasteiger partial charge in [-0.2, -0.15) is 5.10 Å². The molecule has 0 aromatic heterocycles. The van der Waals surface area contributed by atoms with Crippen LogP contribution in [-0.4, -0.2) is 59.7 Å². The summed E-state index contributed by atoms with van der Waals surface area (Å²) < 4.78 is 0. The van der Waals surface area contributed by atoms with Crippen LogP contribution in [0.4, 0.5) is 10.5 Å². The lowest BCUT2D eigenvalue weighted by Gasteiger charge is -2.26. The largest absolute Gasteiger partial charge is 0.481 e. The molecule has 9 heteroatoms. The normalized spacial score (nSPS) is 17.5. The van der Waals surface area contributed by atoms with Crippen LogP contribution in [0.2, 0.25) is 0 Å². The number of carboxylic acid groups (broad SMARTS) is 1. The molecule has 224 valence electrons. The number of urea groups is 1. The topological polar surface area (TPSA) is 119 Å². The summed E-state index contributed by atoms with van der Waals surface area (Å²) >= 11 is 0. The maximum atomic E-state index is 13.6. The number of fused-ring (bicyclic) bond motifs is 1. The van der Waals surface area contributed by atoms with Gasteiger partial charge in [0.15, 0.2) is 5.78 Å². The molecule has 2 aliphatic carbocycles. The fraction of sp³-hybridized carbons (Fsp3) is 0.485. The smallest absolute Gasteiger partial charge is 0.345 e. The van der Waals surface area contributed by atoms with Crippen molar-refractivity contribution >= 4 is 35.1 Å². The fourth-order valence-corrected chi connectivity index (χ4v) is 5.97. The first-order chi connectivity index (χ1) is 20.4. The van der Waals surface area contributed by atoms with Gasteiger partial charge in [-0.1, -0.05) is 80.6 Å². The minimum absolute atomic E-state index is 0.0225. The van der Waals surface area contributed by atoms with Gasteiger partial charge in [0.25, 0.3) is 0 Å². The van der Waals surface area contributed by atoms with E-state index in [1.807, 2.05) is 54.6 Å². The number of hydrogen-bond donors (Lipinski definition) is 2. The lowest BCUT2D eigenvalue weighted by Crippen LogP contribution is -2.46. The summed E-state index contributed by atoms with van der Waals surface area (Å²) in [5, 5.41) is 17.0. The van der Waals surface area contributed by atoms with Gasteiger partial charge >= 0.3 is 12.0 Å². The van der Waals surface area contributed by atoms with Crippen molar-refractivity contribution in [3.63, 3.8) is 0 Å². The van der Waals surface area contributed by atoms with E-state index in [0.29, 0.717) is 6.42 Å². The van der Waals surface area contributed by atoms with Crippen molar-refractivity contribution in [1.29, 1.82) is 0 Å². The van der Waals surface area contributed by atoms with Gasteiger partial charge in [-0.15, -0.1) is 0 Å². The lowest BCUT2D eigenvalue weighted by molar-refractivity contribution is -0.137. The third kappa shape index (κ3) is 8.27. The number of hydrogen-bond acceptors (Lipinski definition) is 5. The van der Waals surface area contributed by atoms with Crippen LogP contribution in [0, 0.1) is 11.8 Å². The van der Waals surface area contributed by atoms with Gasteiger partial charge in [-0.3, -0.25) is 19.3 Å². The molecule has 2 fully saturated rings. The molecular weight excluding hydrogens is 532 g/mol. The number of rotatable bonds is 9. The number of carbonyl (C=O) groups is 4. The van der Waals surface area contributed by atoms with E-state index in [1.54, 1.807) is 7.05 Å². The Morgan fingerprint density at radius 2 is 1.52 bits per heavy atom. The second-order valence-electron chi connectivity index (χ2n) is 11.3. The number of amides is 3. The van der Waals surface area contributed by atoms with E-state index in [1.165, 1.54) is 16.3 Å². The minimum Gasteiger partial charge on any atom is -0.481 e. The molecule has 3 amide bonds. The highest BCUT2D eigenvalue weighted by Crippen LogP contribution is 2.35. The van der Waals surface area contributed by atoms with Gasteiger partial charge < -0.3 is 10.4 Å². The molecule has 0 spiro atoms. The molecule has 2 saturated carbocycles. The van der Waals surface area contributed by atoms with Gasteiger partial charge in [0, 0.05) is 30.9 Å². The number of anilines is 1. The summed E-state index contributed by atoms with van der Waals surface area (Å²) in [5.74, 6) is -0.654. The first kappa shape index (κ1) is 30.9. The van der Waals surface area contributed by atoms with Gasteiger partial charge in [-0.05, 0) is 43.7 Å². The number of aryl methyl sites for hydroxylation is 1. The molecule has 2 N–H and O–H groups in total. The van der Waals surface area contributed by atoms with Crippen LogP contribution in [0.5, 0.6) is 0 Å². The average molecular weight is 575 g/mol. The van der Waals surface area contributed by atoms with Crippen molar-refractivity contribution in [1.82, 2.24) is 10.3 Å². The molecule has 0 saturated heterocycles. The van der Waals surface area contributed by atoms with E-state index in [0.717, 1.165) is 73.9 Å². The molecule has 0 bridgehead atoms. The van der Waals surface area contributed by atoms with E-state index < -0.39 is 12.0 Å². The van der Waals surface area contributed by atoms with Gasteiger partial charge in [0.05, 0.1) is 17.9 Å². The SMILES string of the molecule is CNC(=O)CN1N=C(C2CCCCC2)c2ccccc2N(CC(=O)C2CCCC2)C1=O.O=C(O)CCc1ccccc1. The molecule has 0 unspecified atom stereocenters. The number of aliphatic carboxylic acids is 1. The molecule has 5 rings (SSSR count). The molecule has 0 atom stereocenters. The summed E-state index contributed by atoms with van der Waals surface area (Å²) in [5.41, 5.74) is 3.57. The van der Waals surface area contributed by atoms with Crippen LogP contribution >= 0.6 is 0 Å². The Balaban J connectivity index is 0.000000310. The summed E-state index contributed by atoms with van der Waals surface area (Å²) in [6, 6.07) is 16.9. The summed E-state index contributed by atoms with van der Waals surface area (Å²) in [6.45, 7) is -0.133. The van der Waals surface area contributed by atoms with E-state index in [9.17, 15) is 19.2 Å². The Hall–Kier alpha value is -4.01. The zero-order valence-electron chi connectivity index (χ0n) is 24.5. The van der Waals surface area contributed by atoms with Crippen LogP contribution in [0.1, 0.15) is 75.3 Å². The number of carbonyl (C=O) groups excluding carboxylic acids is 3. The molecule has 9 nitrogen and oxygen atoms in total. The van der Waals surface area contributed by atoms with E-state index in [4.69, 9.17) is 10.2 Å². The van der Waals surface area contributed by atoms with Crippen molar-refractivity contribution in [2.24, 2.45) is 16.9 Å². The van der Waals surface area contributed by atoms with E-state index in [2.05, 4.69) is 5.32 Å². The highest BCUT2D eigenvalue weighted by Gasteiger charge is 2.36. The predicted molar refractivity (Wildman–Crippen MR) is 162 cm³/mol.